The van der Waals surface area contributed by atoms with Gasteiger partial charge in [-0.25, -0.2) is 4.79 Å². The van der Waals surface area contributed by atoms with E-state index in [1.165, 1.54) is 0 Å². The van der Waals surface area contributed by atoms with Gasteiger partial charge in [0.2, 0.25) is 0 Å². The molecule has 0 radical (unpaired) electrons. The lowest BCUT2D eigenvalue weighted by Gasteiger charge is -2.23. The Morgan fingerprint density at radius 2 is 1.93 bits per heavy atom. The maximum Gasteiger partial charge on any atom is 0.315 e. The molecule has 27 heavy (non-hydrogen) atoms. The van der Waals surface area contributed by atoms with Gasteiger partial charge >= 0.3 is 6.03 Å². The first kappa shape index (κ1) is 18.9. The zero-order valence-corrected chi connectivity index (χ0v) is 15.7. The molecule has 1 atom stereocenters. The lowest BCUT2D eigenvalue weighted by molar-refractivity contribution is 0.0981. The minimum Gasteiger partial charge on any atom is -0.383 e. The van der Waals surface area contributed by atoms with Crippen LogP contribution in [0.1, 0.15) is 28.4 Å². The predicted molar refractivity (Wildman–Crippen MR) is 105 cm³/mol. The molecule has 0 saturated carbocycles. The summed E-state index contributed by atoms with van der Waals surface area (Å²) in [4.78, 5) is 26.6. The van der Waals surface area contributed by atoms with E-state index in [1.54, 1.807) is 7.11 Å². The molecule has 142 valence electrons. The maximum atomic E-state index is 13.0. The van der Waals surface area contributed by atoms with Crippen LogP contribution in [0.5, 0.6) is 0 Å². The van der Waals surface area contributed by atoms with E-state index in [4.69, 9.17) is 4.74 Å². The third kappa shape index (κ3) is 4.46. The fraction of sp³-hybridized carbons (Fsp3) is 0.333. The van der Waals surface area contributed by atoms with E-state index in [9.17, 15) is 9.59 Å². The number of ether oxygens (including phenoxy) is 1. The van der Waals surface area contributed by atoms with Gasteiger partial charge in [0.1, 0.15) is 0 Å². The van der Waals surface area contributed by atoms with Crippen LogP contribution in [0.15, 0.2) is 48.5 Å². The first-order chi connectivity index (χ1) is 13.1. The maximum absolute atomic E-state index is 13.0. The van der Waals surface area contributed by atoms with Crippen molar-refractivity contribution in [2.45, 2.75) is 25.9 Å². The Labute approximate surface area is 159 Å². The molecule has 0 aliphatic carbocycles. The third-order valence-corrected chi connectivity index (χ3v) is 4.65. The summed E-state index contributed by atoms with van der Waals surface area (Å²) >= 11 is 0. The Kier molecular flexibility index (Phi) is 6.08. The van der Waals surface area contributed by atoms with Gasteiger partial charge in [0, 0.05) is 37.5 Å². The molecule has 0 unspecified atom stereocenters. The lowest BCUT2D eigenvalue weighted by Crippen LogP contribution is -2.37. The van der Waals surface area contributed by atoms with Crippen LogP contribution in [0.3, 0.4) is 0 Å². The number of urea groups is 1. The molecule has 2 N–H and O–H groups in total. The van der Waals surface area contributed by atoms with Crippen molar-refractivity contribution in [3.05, 3.63) is 65.2 Å². The third-order valence-electron chi connectivity index (χ3n) is 4.65. The molecule has 1 aliphatic rings. The largest absolute Gasteiger partial charge is 0.383 e. The quantitative estimate of drug-likeness (QED) is 0.771. The van der Waals surface area contributed by atoms with Crippen molar-refractivity contribution in [3.63, 3.8) is 0 Å². The highest BCUT2D eigenvalue weighted by Crippen LogP contribution is 2.34. The summed E-state index contributed by atoms with van der Waals surface area (Å²) < 4.78 is 4.91. The SMILES string of the molecule is COCCNC(=O)NCc1ccc2c(c1)N(C(=O)c1ccccc1)[C@@H](C)C2. The predicted octanol–water partition coefficient (Wildman–Crippen LogP) is 2.72. The lowest BCUT2D eigenvalue weighted by atomic mass is 10.1. The molecule has 1 heterocycles. The van der Waals surface area contributed by atoms with E-state index < -0.39 is 0 Å². The molecule has 3 rings (SSSR count). The minimum atomic E-state index is -0.238. The number of methoxy groups -OCH3 is 1. The Morgan fingerprint density at radius 1 is 1.15 bits per heavy atom. The van der Waals surface area contributed by atoms with Crippen LogP contribution in [0.4, 0.5) is 10.5 Å². The normalized spacial score (nSPS) is 15.3. The van der Waals surface area contributed by atoms with Crippen LogP contribution >= 0.6 is 0 Å². The number of carbonyl (C=O) groups excluding carboxylic acids is 2. The molecule has 0 spiro atoms. The molecule has 0 bridgehead atoms. The molecular formula is C21H25N3O3. The fourth-order valence-electron chi connectivity index (χ4n) is 3.30. The van der Waals surface area contributed by atoms with Gasteiger partial charge in [0.25, 0.3) is 5.91 Å². The number of benzene rings is 2. The highest BCUT2D eigenvalue weighted by atomic mass is 16.5. The number of carbonyl (C=O) groups is 2. The second-order valence-corrected chi connectivity index (χ2v) is 6.66. The van der Waals surface area contributed by atoms with E-state index >= 15 is 0 Å². The molecule has 6 heteroatoms. The number of nitrogens with one attached hydrogen (secondary N) is 2. The van der Waals surface area contributed by atoms with Gasteiger partial charge in [0.05, 0.1) is 6.61 Å². The summed E-state index contributed by atoms with van der Waals surface area (Å²) in [6.45, 7) is 3.39. The van der Waals surface area contributed by atoms with E-state index in [1.807, 2.05) is 53.4 Å². The van der Waals surface area contributed by atoms with Crippen molar-refractivity contribution in [1.82, 2.24) is 10.6 Å². The smallest absolute Gasteiger partial charge is 0.315 e. The number of nitrogens with zero attached hydrogens (tertiary/aromatic N) is 1. The molecular weight excluding hydrogens is 342 g/mol. The zero-order valence-electron chi connectivity index (χ0n) is 15.7. The Hall–Kier alpha value is -2.86. The van der Waals surface area contributed by atoms with E-state index in [2.05, 4.69) is 17.6 Å². The molecule has 2 aromatic rings. The molecule has 0 saturated heterocycles. The van der Waals surface area contributed by atoms with Crippen molar-refractivity contribution in [3.8, 4) is 0 Å². The van der Waals surface area contributed by atoms with Crippen LogP contribution in [-0.2, 0) is 17.7 Å². The molecule has 1 aliphatic heterocycles. The molecule has 2 aromatic carbocycles. The van der Waals surface area contributed by atoms with Crippen LogP contribution in [0.25, 0.3) is 0 Å². The van der Waals surface area contributed by atoms with Crippen LogP contribution in [0, 0.1) is 0 Å². The number of hydrogen-bond acceptors (Lipinski definition) is 3. The van der Waals surface area contributed by atoms with E-state index in [-0.39, 0.29) is 18.0 Å². The number of hydrogen-bond donors (Lipinski definition) is 2. The van der Waals surface area contributed by atoms with Gasteiger partial charge in [-0.15, -0.1) is 0 Å². The fourth-order valence-corrected chi connectivity index (χ4v) is 3.30. The number of rotatable bonds is 6. The first-order valence-electron chi connectivity index (χ1n) is 9.11. The van der Waals surface area contributed by atoms with Crippen molar-refractivity contribution < 1.29 is 14.3 Å². The summed E-state index contributed by atoms with van der Waals surface area (Å²) in [6.07, 6.45) is 0.832. The van der Waals surface area contributed by atoms with Gasteiger partial charge in [-0.05, 0) is 42.7 Å². The van der Waals surface area contributed by atoms with Gasteiger partial charge < -0.3 is 20.3 Å². The summed E-state index contributed by atoms with van der Waals surface area (Å²) in [6, 6.07) is 15.2. The van der Waals surface area contributed by atoms with Gasteiger partial charge in [0.15, 0.2) is 0 Å². The average molecular weight is 367 g/mol. The van der Waals surface area contributed by atoms with Crippen molar-refractivity contribution >= 4 is 17.6 Å². The van der Waals surface area contributed by atoms with E-state index in [0.717, 1.165) is 23.2 Å². The zero-order chi connectivity index (χ0) is 19.2. The molecule has 3 amide bonds. The highest BCUT2D eigenvalue weighted by Gasteiger charge is 2.31. The molecule has 0 fully saturated rings. The summed E-state index contributed by atoms with van der Waals surface area (Å²) in [5.41, 5.74) is 3.71. The van der Waals surface area contributed by atoms with Gasteiger partial charge in [-0.2, -0.15) is 0 Å². The monoisotopic (exact) mass is 367 g/mol. The van der Waals surface area contributed by atoms with Crippen LogP contribution in [-0.4, -0.2) is 38.2 Å². The Balaban J connectivity index is 1.71. The Morgan fingerprint density at radius 3 is 2.67 bits per heavy atom. The Bertz CT molecular complexity index is 808. The number of anilines is 1. The first-order valence-corrected chi connectivity index (χ1v) is 9.11. The minimum absolute atomic E-state index is 0.00395. The van der Waals surface area contributed by atoms with Crippen LogP contribution in [0.2, 0.25) is 0 Å². The highest BCUT2D eigenvalue weighted by molar-refractivity contribution is 6.07. The van der Waals surface area contributed by atoms with E-state index in [0.29, 0.717) is 25.3 Å². The average Bonchev–Trinajstić information content (AvgIpc) is 3.01. The van der Waals surface area contributed by atoms with Crippen LogP contribution < -0.4 is 15.5 Å². The van der Waals surface area contributed by atoms with Gasteiger partial charge in [-0.3, -0.25) is 4.79 Å². The summed E-state index contributed by atoms with van der Waals surface area (Å²) in [7, 11) is 1.59. The van der Waals surface area contributed by atoms with Crippen molar-refractivity contribution in [2.75, 3.05) is 25.2 Å². The summed E-state index contributed by atoms with van der Waals surface area (Å²) in [5.74, 6) is 0.00395. The summed E-state index contributed by atoms with van der Waals surface area (Å²) in [5, 5.41) is 5.55. The molecule has 6 nitrogen and oxygen atoms in total. The van der Waals surface area contributed by atoms with Gasteiger partial charge in [-0.1, -0.05) is 30.3 Å². The standard InChI is InChI=1S/C21H25N3O3/c1-15-12-18-9-8-16(14-23-21(26)22-10-11-27-2)13-19(18)24(15)20(25)17-6-4-3-5-7-17/h3-9,13,15H,10-12,14H2,1-2H3,(H2,22,23,26)/t15-/m0/s1. The number of amides is 3. The van der Waals surface area contributed by atoms with Crippen molar-refractivity contribution in [2.24, 2.45) is 0 Å². The second kappa shape index (κ2) is 8.68. The van der Waals surface area contributed by atoms with Crippen molar-refractivity contribution in [1.29, 1.82) is 0 Å². The second-order valence-electron chi connectivity index (χ2n) is 6.66. The topological polar surface area (TPSA) is 70.7 Å². The molecule has 0 aromatic heterocycles. The number of fused-ring (bicyclic) bond motifs is 1.